The van der Waals surface area contributed by atoms with Gasteiger partial charge in [0.2, 0.25) is 0 Å². The fraction of sp³-hybridized carbons (Fsp3) is 0.333. The average Bonchev–Trinajstić information content (AvgIpc) is 3.12. The average molecular weight is 489 g/mol. The van der Waals surface area contributed by atoms with E-state index in [1.165, 1.54) is 4.90 Å². The predicted octanol–water partition coefficient (Wildman–Crippen LogP) is 4.50. The summed E-state index contributed by atoms with van der Waals surface area (Å²) in [6.45, 7) is 7.93. The summed E-state index contributed by atoms with van der Waals surface area (Å²) in [6.07, 6.45) is 0. The molecule has 0 saturated heterocycles. The Labute approximate surface area is 198 Å². The van der Waals surface area contributed by atoms with Gasteiger partial charge in [-0.2, -0.15) is 12.8 Å². The van der Waals surface area contributed by atoms with Crippen LogP contribution in [0.4, 0.5) is 0 Å². The topological polar surface area (TPSA) is 96.3 Å². The maximum atomic E-state index is 13.6. The highest BCUT2D eigenvalue weighted by atomic mass is 35.5. The van der Waals surface area contributed by atoms with Crippen LogP contribution in [-0.2, 0) is 21.4 Å². The molecular weight excluding hydrogens is 464 g/mol. The van der Waals surface area contributed by atoms with E-state index in [-0.39, 0.29) is 46.4 Å². The highest BCUT2D eigenvalue weighted by Gasteiger charge is 2.49. The maximum Gasteiger partial charge on any atom is 0.287 e. The van der Waals surface area contributed by atoms with Gasteiger partial charge in [0.25, 0.3) is 15.9 Å². The zero-order chi connectivity index (χ0) is 24.1. The quantitative estimate of drug-likeness (QED) is 0.668. The molecule has 1 amide bonds. The number of carbonyl (C=O) groups excluding carboxylic acids is 1. The lowest BCUT2D eigenvalue weighted by Gasteiger charge is -2.35. The van der Waals surface area contributed by atoms with E-state index in [0.29, 0.717) is 5.02 Å². The molecule has 4 rings (SSSR count). The van der Waals surface area contributed by atoms with Crippen LogP contribution in [0.3, 0.4) is 0 Å². The summed E-state index contributed by atoms with van der Waals surface area (Å²) in [5.74, 6) is -0.517. The number of ether oxygens (including phenoxy) is 1. The molecule has 0 spiro atoms. The molecule has 0 unspecified atom stereocenters. The minimum atomic E-state index is -4.10. The van der Waals surface area contributed by atoms with Crippen LogP contribution >= 0.6 is 11.6 Å². The number of hydrogen-bond donors (Lipinski definition) is 1. The van der Waals surface area contributed by atoms with Crippen LogP contribution in [0.15, 0.2) is 63.1 Å². The van der Waals surface area contributed by atoms with E-state index in [1.54, 1.807) is 43.3 Å². The van der Waals surface area contributed by atoms with Gasteiger partial charge in [-0.25, -0.2) is 0 Å². The summed E-state index contributed by atoms with van der Waals surface area (Å²) in [7, 11) is -4.10. The number of amides is 1. The second kappa shape index (κ2) is 8.18. The molecule has 9 heteroatoms. The van der Waals surface area contributed by atoms with Crippen molar-refractivity contribution in [3.05, 3.63) is 69.9 Å². The van der Waals surface area contributed by atoms with Gasteiger partial charge in [0, 0.05) is 17.1 Å². The second-order valence-corrected chi connectivity index (χ2v) is 11.0. The number of carbonyl (C=O) groups is 1. The van der Waals surface area contributed by atoms with Crippen LogP contribution in [-0.4, -0.2) is 42.7 Å². The molecule has 0 saturated carbocycles. The number of nitrogens with zero attached hydrogens (tertiary/aromatic N) is 2. The number of aliphatic hydroxyl groups is 1. The van der Waals surface area contributed by atoms with Gasteiger partial charge >= 0.3 is 0 Å². The van der Waals surface area contributed by atoms with Gasteiger partial charge in [-0.15, -0.1) is 0 Å². The van der Waals surface area contributed by atoms with E-state index >= 15 is 0 Å². The molecule has 0 aromatic heterocycles. The van der Waals surface area contributed by atoms with Gasteiger partial charge in [0.05, 0.1) is 12.6 Å². The molecule has 7 nitrogen and oxygen atoms in total. The number of rotatable bonds is 5. The van der Waals surface area contributed by atoms with Crippen LogP contribution in [0.25, 0.3) is 0 Å². The van der Waals surface area contributed by atoms with Crippen molar-refractivity contribution in [2.24, 2.45) is 9.81 Å². The SMILES string of the molecule is CCOc1cccc2c1S(=O)(=O)N=C2C1=C(O)[C@H](C(C)(C)C)N(Cc2cccc(Cl)c2)C1=O. The smallest absolute Gasteiger partial charge is 0.287 e. The Bertz CT molecular complexity index is 1310. The number of sulfonamides is 1. The van der Waals surface area contributed by atoms with E-state index in [1.807, 2.05) is 26.8 Å². The molecule has 2 aromatic carbocycles. The minimum Gasteiger partial charge on any atom is -0.509 e. The van der Waals surface area contributed by atoms with Crippen molar-refractivity contribution in [2.75, 3.05) is 6.61 Å². The van der Waals surface area contributed by atoms with Crippen molar-refractivity contribution in [1.82, 2.24) is 4.90 Å². The van der Waals surface area contributed by atoms with Gasteiger partial charge in [0.15, 0.2) is 0 Å². The number of hydrogen-bond acceptors (Lipinski definition) is 5. The summed E-state index contributed by atoms with van der Waals surface area (Å²) in [4.78, 5) is 15.1. The monoisotopic (exact) mass is 488 g/mol. The minimum absolute atomic E-state index is 0.0584. The molecule has 2 aliphatic heterocycles. The fourth-order valence-electron chi connectivity index (χ4n) is 4.38. The lowest BCUT2D eigenvalue weighted by Crippen LogP contribution is -2.43. The molecule has 2 aliphatic rings. The first-order valence-corrected chi connectivity index (χ1v) is 12.4. The van der Waals surface area contributed by atoms with Crippen LogP contribution in [0.2, 0.25) is 5.02 Å². The fourth-order valence-corrected chi connectivity index (χ4v) is 5.94. The van der Waals surface area contributed by atoms with Gasteiger partial charge in [-0.1, -0.05) is 56.6 Å². The third-order valence-corrected chi connectivity index (χ3v) is 7.20. The molecule has 1 N–H and O–H groups in total. The third-order valence-electron chi connectivity index (χ3n) is 5.60. The number of aliphatic hydroxyl groups excluding tert-OH is 1. The summed E-state index contributed by atoms with van der Waals surface area (Å²) < 4.78 is 35.2. The molecule has 0 aliphatic carbocycles. The lowest BCUT2D eigenvalue weighted by atomic mass is 9.84. The second-order valence-electron chi connectivity index (χ2n) is 9.07. The number of fused-ring (bicyclic) bond motifs is 1. The first-order valence-electron chi connectivity index (χ1n) is 10.6. The zero-order valence-electron chi connectivity index (χ0n) is 18.8. The molecule has 2 aromatic rings. The van der Waals surface area contributed by atoms with E-state index in [2.05, 4.69) is 4.40 Å². The van der Waals surface area contributed by atoms with E-state index in [9.17, 15) is 18.3 Å². The van der Waals surface area contributed by atoms with Gasteiger partial charge in [0.1, 0.15) is 27.7 Å². The zero-order valence-corrected chi connectivity index (χ0v) is 20.4. The Balaban J connectivity index is 1.84. The van der Waals surface area contributed by atoms with Crippen molar-refractivity contribution in [3.63, 3.8) is 0 Å². The Morgan fingerprint density at radius 2 is 1.88 bits per heavy atom. The Hall–Kier alpha value is -2.84. The molecule has 1 atom stereocenters. The summed E-state index contributed by atoms with van der Waals surface area (Å²) in [5.41, 5.74) is 0.339. The van der Waals surface area contributed by atoms with Crippen molar-refractivity contribution in [2.45, 2.75) is 45.2 Å². The van der Waals surface area contributed by atoms with Crippen molar-refractivity contribution in [1.29, 1.82) is 0 Å². The van der Waals surface area contributed by atoms with Crippen LogP contribution < -0.4 is 4.74 Å². The van der Waals surface area contributed by atoms with E-state index < -0.39 is 27.4 Å². The van der Waals surface area contributed by atoms with Gasteiger partial charge in [-0.05, 0) is 36.1 Å². The van der Waals surface area contributed by atoms with Crippen LogP contribution in [0, 0.1) is 5.41 Å². The standard InChI is InChI=1S/C24H25ClN2O5S/c1-5-32-17-11-7-10-16-19(26-33(30,31)21(16)17)18-20(28)22(24(2,3)4)27(23(18)29)13-14-8-6-9-15(25)12-14/h6-12,22,28H,5,13H2,1-4H3/t22-/m1/s1. The lowest BCUT2D eigenvalue weighted by molar-refractivity contribution is -0.129. The van der Waals surface area contributed by atoms with Crippen molar-refractivity contribution >= 4 is 33.2 Å². The Morgan fingerprint density at radius 3 is 2.52 bits per heavy atom. The first-order chi connectivity index (χ1) is 15.5. The van der Waals surface area contributed by atoms with Crippen LogP contribution in [0.5, 0.6) is 5.75 Å². The predicted molar refractivity (Wildman–Crippen MR) is 126 cm³/mol. The molecule has 33 heavy (non-hydrogen) atoms. The van der Waals surface area contributed by atoms with Crippen molar-refractivity contribution < 1.29 is 23.1 Å². The highest BCUT2D eigenvalue weighted by molar-refractivity contribution is 7.91. The molecule has 0 bridgehead atoms. The maximum absolute atomic E-state index is 13.6. The van der Waals surface area contributed by atoms with Gasteiger partial charge < -0.3 is 14.7 Å². The molecular formula is C24H25ClN2O5S. The number of halogens is 1. The summed E-state index contributed by atoms with van der Waals surface area (Å²) >= 11 is 6.12. The molecule has 0 radical (unpaired) electrons. The van der Waals surface area contributed by atoms with E-state index in [4.69, 9.17) is 16.3 Å². The van der Waals surface area contributed by atoms with Crippen molar-refractivity contribution in [3.8, 4) is 5.75 Å². The summed E-state index contributed by atoms with van der Waals surface area (Å²) in [5, 5.41) is 11.8. The largest absolute Gasteiger partial charge is 0.509 e. The Morgan fingerprint density at radius 1 is 1.18 bits per heavy atom. The molecule has 2 heterocycles. The summed E-state index contributed by atoms with van der Waals surface area (Å²) in [6, 6.07) is 11.2. The highest BCUT2D eigenvalue weighted by Crippen LogP contribution is 2.42. The normalized spacial score (nSPS) is 19.7. The number of benzene rings is 2. The van der Waals surface area contributed by atoms with Crippen LogP contribution in [0.1, 0.15) is 38.8 Å². The third kappa shape index (κ3) is 4.02. The molecule has 0 fully saturated rings. The Kier molecular flexibility index (Phi) is 5.78. The van der Waals surface area contributed by atoms with E-state index in [0.717, 1.165) is 5.56 Å². The molecule has 174 valence electrons. The first kappa shape index (κ1) is 23.3. The van der Waals surface area contributed by atoms with Gasteiger partial charge in [-0.3, -0.25) is 4.79 Å².